The summed E-state index contributed by atoms with van der Waals surface area (Å²) in [7, 11) is 0. The molecule has 3 heteroatoms. The molecule has 1 fully saturated rings. The molecule has 0 radical (unpaired) electrons. The van der Waals surface area contributed by atoms with Gasteiger partial charge in [0.25, 0.3) is 0 Å². The molecule has 1 aromatic rings. The summed E-state index contributed by atoms with van der Waals surface area (Å²) in [5.41, 5.74) is 8.33. The van der Waals surface area contributed by atoms with Crippen molar-refractivity contribution < 1.29 is 4.39 Å². The molecule has 0 aliphatic carbocycles. The van der Waals surface area contributed by atoms with Crippen molar-refractivity contribution in [2.75, 3.05) is 18.8 Å². The van der Waals surface area contributed by atoms with Gasteiger partial charge in [0.05, 0.1) is 0 Å². The van der Waals surface area contributed by atoms with E-state index in [1.807, 2.05) is 12.1 Å². The molecule has 0 amide bonds. The Hall–Kier alpha value is -1.09. The van der Waals surface area contributed by atoms with Crippen LogP contribution in [-0.2, 0) is 6.67 Å². The highest BCUT2D eigenvalue weighted by Crippen LogP contribution is 2.27. The topological polar surface area (TPSA) is 38.0 Å². The van der Waals surface area contributed by atoms with Gasteiger partial charge in [-0.05, 0) is 55.1 Å². The maximum atomic E-state index is 12.6. The van der Waals surface area contributed by atoms with Crippen LogP contribution in [0.1, 0.15) is 29.9 Å². The standard InChI is InChI=1S/C12H17FN2/c13-8-9-5-11(7-12(14)6-9)10-1-3-15-4-2-10/h5-7,10,15H,1-4,8,14H2. The van der Waals surface area contributed by atoms with E-state index < -0.39 is 6.67 Å². The van der Waals surface area contributed by atoms with Gasteiger partial charge in [-0.1, -0.05) is 6.07 Å². The van der Waals surface area contributed by atoms with Gasteiger partial charge in [-0.2, -0.15) is 0 Å². The van der Waals surface area contributed by atoms with Crippen LogP contribution in [0.5, 0.6) is 0 Å². The third-order valence-electron chi connectivity index (χ3n) is 3.00. The average Bonchev–Trinajstić information content (AvgIpc) is 2.29. The molecule has 0 bridgehead atoms. The number of benzene rings is 1. The molecule has 1 aliphatic rings. The van der Waals surface area contributed by atoms with Gasteiger partial charge in [0, 0.05) is 5.69 Å². The van der Waals surface area contributed by atoms with Gasteiger partial charge >= 0.3 is 0 Å². The number of rotatable bonds is 2. The largest absolute Gasteiger partial charge is 0.399 e. The van der Waals surface area contributed by atoms with Crippen LogP contribution in [0.15, 0.2) is 18.2 Å². The minimum atomic E-state index is -0.428. The fourth-order valence-electron chi connectivity index (χ4n) is 2.21. The fourth-order valence-corrected chi connectivity index (χ4v) is 2.21. The van der Waals surface area contributed by atoms with E-state index in [1.165, 1.54) is 5.56 Å². The summed E-state index contributed by atoms with van der Waals surface area (Å²) in [5, 5.41) is 3.32. The Kier molecular flexibility index (Phi) is 3.21. The van der Waals surface area contributed by atoms with Gasteiger partial charge in [-0.25, -0.2) is 4.39 Å². The maximum absolute atomic E-state index is 12.6. The normalized spacial score (nSPS) is 17.9. The maximum Gasteiger partial charge on any atom is 0.115 e. The zero-order valence-electron chi connectivity index (χ0n) is 8.80. The first-order valence-electron chi connectivity index (χ1n) is 5.45. The number of nitrogens with two attached hydrogens (primary N) is 1. The van der Waals surface area contributed by atoms with Crippen LogP contribution in [0.25, 0.3) is 0 Å². The van der Waals surface area contributed by atoms with Crippen molar-refractivity contribution in [3.8, 4) is 0 Å². The summed E-state index contributed by atoms with van der Waals surface area (Å²) < 4.78 is 12.6. The van der Waals surface area contributed by atoms with E-state index in [1.54, 1.807) is 6.07 Å². The Bertz CT molecular complexity index is 332. The number of halogens is 1. The molecule has 3 N–H and O–H groups in total. The van der Waals surface area contributed by atoms with Crippen molar-refractivity contribution in [2.45, 2.75) is 25.4 Å². The molecule has 1 heterocycles. The third kappa shape index (κ3) is 2.48. The number of piperidine rings is 1. The van der Waals surface area contributed by atoms with E-state index in [4.69, 9.17) is 5.73 Å². The second-order valence-electron chi connectivity index (χ2n) is 4.17. The summed E-state index contributed by atoms with van der Waals surface area (Å²) in [5.74, 6) is 0.542. The molecule has 2 rings (SSSR count). The van der Waals surface area contributed by atoms with Crippen molar-refractivity contribution >= 4 is 5.69 Å². The van der Waals surface area contributed by atoms with E-state index in [9.17, 15) is 4.39 Å². The van der Waals surface area contributed by atoms with Crippen molar-refractivity contribution in [3.05, 3.63) is 29.3 Å². The summed E-state index contributed by atoms with van der Waals surface area (Å²) in [6.07, 6.45) is 2.24. The molecular formula is C12H17FN2. The first-order chi connectivity index (χ1) is 7.29. The van der Waals surface area contributed by atoms with Crippen molar-refractivity contribution in [3.63, 3.8) is 0 Å². The molecular weight excluding hydrogens is 191 g/mol. The minimum Gasteiger partial charge on any atom is -0.399 e. The molecule has 15 heavy (non-hydrogen) atoms. The Morgan fingerprint density at radius 3 is 2.67 bits per heavy atom. The Morgan fingerprint density at radius 2 is 2.00 bits per heavy atom. The van der Waals surface area contributed by atoms with Crippen LogP contribution in [0.3, 0.4) is 0 Å². The Morgan fingerprint density at radius 1 is 1.27 bits per heavy atom. The van der Waals surface area contributed by atoms with E-state index >= 15 is 0 Å². The van der Waals surface area contributed by atoms with Crippen LogP contribution in [0.2, 0.25) is 0 Å². The number of nitrogen functional groups attached to an aromatic ring is 1. The first kappa shape index (κ1) is 10.4. The van der Waals surface area contributed by atoms with Crippen LogP contribution in [-0.4, -0.2) is 13.1 Å². The molecule has 0 unspecified atom stereocenters. The monoisotopic (exact) mass is 208 g/mol. The van der Waals surface area contributed by atoms with Gasteiger partial charge in [0.1, 0.15) is 6.67 Å². The summed E-state index contributed by atoms with van der Waals surface area (Å²) in [6, 6.07) is 5.64. The van der Waals surface area contributed by atoms with E-state index in [-0.39, 0.29) is 0 Å². The molecule has 0 saturated carbocycles. The highest BCUT2D eigenvalue weighted by molar-refractivity contribution is 5.45. The van der Waals surface area contributed by atoms with Crippen LogP contribution in [0.4, 0.5) is 10.1 Å². The van der Waals surface area contributed by atoms with Gasteiger partial charge in [0.15, 0.2) is 0 Å². The lowest BCUT2D eigenvalue weighted by Gasteiger charge is -2.23. The SMILES string of the molecule is Nc1cc(CF)cc(C2CCNCC2)c1. The molecule has 1 saturated heterocycles. The minimum absolute atomic E-state index is 0.428. The van der Waals surface area contributed by atoms with Crippen molar-refractivity contribution in [1.29, 1.82) is 0 Å². The Labute approximate surface area is 89.7 Å². The van der Waals surface area contributed by atoms with Crippen molar-refractivity contribution in [2.24, 2.45) is 0 Å². The molecule has 1 aliphatic heterocycles. The highest BCUT2D eigenvalue weighted by Gasteiger charge is 2.15. The lowest BCUT2D eigenvalue weighted by Crippen LogP contribution is -2.26. The van der Waals surface area contributed by atoms with Crippen LogP contribution >= 0.6 is 0 Å². The first-order valence-corrected chi connectivity index (χ1v) is 5.45. The second kappa shape index (κ2) is 4.62. The summed E-state index contributed by atoms with van der Waals surface area (Å²) >= 11 is 0. The van der Waals surface area contributed by atoms with E-state index in [0.717, 1.165) is 25.9 Å². The number of nitrogens with one attached hydrogen (secondary N) is 1. The van der Waals surface area contributed by atoms with Gasteiger partial charge in [-0.15, -0.1) is 0 Å². The molecule has 0 spiro atoms. The second-order valence-corrected chi connectivity index (χ2v) is 4.17. The molecule has 82 valence electrons. The number of hydrogen-bond donors (Lipinski definition) is 2. The number of anilines is 1. The predicted octanol–water partition coefficient (Wildman–Crippen LogP) is 2.21. The van der Waals surface area contributed by atoms with Crippen LogP contribution in [0, 0.1) is 0 Å². The predicted molar refractivity (Wildman–Crippen MR) is 60.5 cm³/mol. The van der Waals surface area contributed by atoms with E-state index in [0.29, 0.717) is 17.2 Å². The molecule has 1 aromatic carbocycles. The number of hydrogen-bond acceptors (Lipinski definition) is 2. The lowest BCUT2D eigenvalue weighted by atomic mass is 9.89. The lowest BCUT2D eigenvalue weighted by molar-refractivity contribution is 0.457. The number of alkyl halides is 1. The smallest absolute Gasteiger partial charge is 0.115 e. The molecule has 2 nitrogen and oxygen atoms in total. The zero-order valence-corrected chi connectivity index (χ0v) is 8.80. The fraction of sp³-hybridized carbons (Fsp3) is 0.500. The van der Waals surface area contributed by atoms with Gasteiger partial charge < -0.3 is 11.1 Å². The summed E-state index contributed by atoms with van der Waals surface area (Å²) in [4.78, 5) is 0. The molecule has 0 aromatic heterocycles. The zero-order chi connectivity index (χ0) is 10.7. The van der Waals surface area contributed by atoms with Gasteiger partial charge in [0.2, 0.25) is 0 Å². The van der Waals surface area contributed by atoms with Gasteiger partial charge in [-0.3, -0.25) is 0 Å². The Balaban J connectivity index is 2.22. The highest BCUT2D eigenvalue weighted by atomic mass is 19.1. The van der Waals surface area contributed by atoms with Crippen molar-refractivity contribution in [1.82, 2.24) is 5.32 Å². The quantitative estimate of drug-likeness (QED) is 0.731. The van der Waals surface area contributed by atoms with E-state index in [2.05, 4.69) is 5.32 Å². The average molecular weight is 208 g/mol. The van der Waals surface area contributed by atoms with Crippen LogP contribution < -0.4 is 11.1 Å². The molecule has 0 atom stereocenters. The summed E-state index contributed by atoms with van der Waals surface area (Å²) in [6.45, 7) is 1.66. The third-order valence-corrected chi connectivity index (χ3v) is 3.00.